The molecule has 0 heterocycles. The van der Waals surface area contributed by atoms with Gasteiger partial charge in [0.05, 0.1) is 0 Å². The van der Waals surface area contributed by atoms with Gasteiger partial charge in [0.25, 0.3) is 0 Å². The third-order valence-electron chi connectivity index (χ3n) is 3.05. The van der Waals surface area contributed by atoms with Crippen molar-refractivity contribution >= 4 is 5.97 Å². The number of benzene rings is 2. The minimum Gasteiger partial charge on any atom is -0.428 e. The maximum Gasteiger partial charge on any atom is 0.307 e. The van der Waals surface area contributed by atoms with Crippen LogP contribution in [-0.2, 0) is 15.1 Å². The molecule has 0 saturated carbocycles. The molecule has 2 aromatic carbocycles. The van der Waals surface area contributed by atoms with E-state index in [4.69, 9.17) is 4.74 Å². The van der Waals surface area contributed by atoms with Gasteiger partial charge in [0.15, 0.2) is 5.60 Å². The fraction of sp³-hybridized carbons (Fsp3) is 0.118. The largest absolute Gasteiger partial charge is 0.428 e. The Hall–Kier alpha value is -2.39. The summed E-state index contributed by atoms with van der Waals surface area (Å²) in [6, 6.07) is 18.0. The second kappa shape index (κ2) is 5.72. The third-order valence-corrected chi connectivity index (χ3v) is 3.05. The van der Waals surface area contributed by atoms with E-state index >= 15 is 0 Å². The van der Waals surface area contributed by atoms with Crippen molar-refractivity contribution in [2.45, 2.75) is 12.5 Å². The van der Waals surface area contributed by atoms with Crippen molar-refractivity contribution in [1.82, 2.24) is 0 Å². The molecule has 1 N–H and O–H groups in total. The summed E-state index contributed by atoms with van der Waals surface area (Å²) in [5, 5.41) is 11.1. The smallest absolute Gasteiger partial charge is 0.307 e. The molecule has 20 heavy (non-hydrogen) atoms. The lowest BCUT2D eigenvalue weighted by Gasteiger charge is -2.30. The number of ether oxygens (including phenoxy) is 1. The first-order valence-corrected chi connectivity index (χ1v) is 6.26. The summed E-state index contributed by atoms with van der Waals surface area (Å²) in [6.07, 6.45) is 0. The van der Waals surface area contributed by atoms with E-state index in [1.165, 1.54) is 6.92 Å². The monoisotopic (exact) mass is 268 g/mol. The van der Waals surface area contributed by atoms with Crippen LogP contribution in [0.3, 0.4) is 0 Å². The molecule has 0 aliphatic heterocycles. The second-order valence-electron chi connectivity index (χ2n) is 4.46. The van der Waals surface area contributed by atoms with Crippen molar-refractivity contribution in [2.75, 3.05) is 0 Å². The summed E-state index contributed by atoms with van der Waals surface area (Å²) in [6.45, 7) is 5.01. The highest BCUT2D eigenvalue weighted by molar-refractivity contribution is 5.68. The normalized spacial score (nSPS) is 10.9. The SMILES string of the molecule is C=C(OC(C)=O)C(O)(c1ccccc1)c1ccccc1. The van der Waals surface area contributed by atoms with Gasteiger partial charge in [-0.2, -0.15) is 0 Å². The maximum absolute atomic E-state index is 11.2. The predicted molar refractivity (Wildman–Crippen MR) is 76.8 cm³/mol. The van der Waals surface area contributed by atoms with Crippen LogP contribution >= 0.6 is 0 Å². The summed E-state index contributed by atoms with van der Waals surface area (Å²) >= 11 is 0. The van der Waals surface area contributed by atoms with E-state index in [1.54, 1.807) is 24.3 Å². The van der Waals surface area contributed by atoms with Crippen LogP contribution in [0.5, 0.6) is 0 Å². The summed E-state index contributed by atoms with van der Waals surface area (Å²) in [5.74, 6) is -0.525. The second-order valence-corrected chi connectivity index (χ2v) is 4.46. The molecule has 0 aliphatic carbocycles. The topological polar surface area (TPSA) is 46.5 Å². The number of aliphatic hydroxyl groups is 1. The molecule has 102 valence electrons. The number of esters is 1. The fourth-order valence-electron chi connectivity index (χ4n) is 2.09. The summed E-state index contributed by atoms with van der Waals surface area (Å²) in [4.78, 5) is 11.2. The van der Waals surface area contributed by atoms with Gasteiger partial charge in [-0.3, -0.25) is 4.79 Å². The van der Waals surface area contributed by atoms with Gasteiger partial charge in [-0.1, -0.05) is 67.2 Å². The Morgan fingerprint density at radius 1 is 1.00 bits per heavy atom. The molecule has 0 amide bonds. The fourth-order valence-corrected chi connectivity index (χ4v) is 2.09. The Bertz CT molecular complexity index is 563. The van der Waals surface area contributed by atoms with Gasteiger partial charge in [-0.25, -0.2) is 0 Å². The van der Waals surface area contributed by atoms with Crippen molar-refractivity contribution in [3.63, 3.8) is 0 Å². The number of carbonyl (C=O) groups is 1. The van der Waals surface area contributed by atoms with Gasteiger partial charge in [0.1, 0.15) is 5.76 Å². The first-order valence-electron chi connectivity index (χ1n) is 6.26. The molecule has 0 fully saturated rings. The Morgan fingerprint density at radius 3 is 1.75 bits per heavy atom. The van der Waals surface area contributed by atoms with Crippen molar-refractivity contribution < 1.29 is 14.6 Å². The van der Waals surface area contributed by atoms with E-state index in [-0.39, 0.29) is 5.76 Å². The number of hydrogen-bond acceptors (Lipinski definition) is 3. The molecule has 0 radical (unpaired) electrons. The van der Waals surface area contributed by atoms with Gasteiger partial charge < -0.3 is 9.84 Å². The van der Waals surface area contributed by atoms with Gasteiger partial charge >= 0.3 is 5.97 Å². The number of hydrogen-bond donors (Lipinski definition) is 1. The van der Waals surface area contributed by atoms with E-state index in [1.807, 2.05) is 36.4 Å². The van der Waals surface area contributed by atoms with E-state index in [0.29, 0.717) is 11.1 Å². The van der Waals surface area contributed by atoms with Crippen molar-refractivity contribution in [3.8, 4) is 0 Å². The molecule has 2 aromatic rings. The molecular formula is C17H16O3. The molecule has 2 rings (SSSR count). The van der Waals surface area contributed by atoms with Crippen molar-refractivity contribution in [3.05, 3.63) is 84.1 Å². The average molecular weight is 268 g/mol. The number of carbonyl (C=O) groups excluding carboxylic acids is 1. The Balaban J connectivity index is 2.55. The van der Waals surface area contributed by atoms with Crippen LogP contribution in [0.15, 0.2) is 73.0 Å². The number of rotatable bonds is 4. The molecule has 0 saturated heterocycles. The summed E-state index contributed by atoms with van der Waals surface area (Å²) in [7, 11) is 0. The lowest BCUT2D eigenvalue weighted by atomic mass is 9.85. The Labute approximate surface area is 118 Å². The zero-order valence-corrected chi connectivity index (χ0v) is 11.2. The third kappa shape index (κ3) is 2.63. The zero-order valence-electron chi connectivity index (χ0n) is 11.2. The zero-order chi connectivity index (χ0) is 14.6. The lowest BCUT2D eigenvalue weighted by molar-refractivity contribution is -0.140. The highest BCUT2D eigenvalue weighted by atomic mass is 16.5. The van der Waals surface area contributed by atoms with E-state index in [9.17, 15) is 9.90 Å². The predicted octanol–water partition coefficient (Wildman–Crippen LogP) is 3.00. The van der Waals surface area contributed by atoms with Crippen LogP contribution in [-0.4, -0.2) is 11.1 Å². The molecule has 3 heteroatoms. The summed E-state index contributed by atoms with van der Waals surface area (Å²) in [5.41, 5.74) is -0.372. The molecule has 0 unspecified atom stereocenters. The van der Waals surface area contributed by atoms with Crippen LogP contribution < -0.4 is 0 Å². The first kappa shape index (κ1) is 14.0. The lowest BCUT2D eigenvalue weighted by Crippen LogP contribution is -2.31. The maximum atomic E-state index is 11.2. The quantitative estimate of drug-likeness (QED) is 0.685. The van der Waals surface area contributed by atoms with E-state index < -0.39 is 11.6 Å². The minimum atomic E-state index is -1.56. The standard InChI is InChI=1S/C17H16O3/c1-13(20-14(2)18)17(19,15-9-5-3-6-10-15)16-11-7-4-8-12-16/h3-12,19H,1H2,2H3. The first-order chi connectivity index (χ1) is 9.55. The molecule has 0 spiro atoms. The van der Waals surface area contributed by atoms with Crippen LogP contribution in [0, 0.1) is 0 Å². The molecule has 0 bridgehead atoms. The van der Waals surface area contributed by atoms with Crippen molar-refractivity contribution in [2.24, 2.45) is 0 Å². The molecule has 0 atom stereocenters. The summed E-state index contributed by atoms with van der Waals surface area (Å²) < 4.78 is 5.04. The van der Waals surface area contributed by atoms with Crippen LogP contribution in [0.4, 0.5) is 0 Å². The van der Waals surface area contributed by atoms with E-state index in [0.717, 1.165) is 0 Å². The van der Waals surface area contributed by atoms with Gasteiger partial charge in [-0.05, 0) is 11.1 Å². The minimum absolute atomic E-state index is 0.0117. The highest BCUT2D eigenvalue weighted by Crippen LogP contribution is 2.36. The molecular weight excluding hydrogens is 252 g/mol. The van der Waals surface area contributed by atoms with Gasteiger partial charge in [-0.15, -0.1) is 0 Å². The highest BCUT2D eigenvalue weighted by Gasteiger charge is 2.37. The van der Waals surface area contributed by atoms with E-state index in [2.05, 4.69) is 6.58 Å². The average Bonchev–Trinajstić information content (AvgIpc) is 2.47. The molecule has 0 aliphatic rings. The Kier molecular flexibility index (Phi) is 4.01. The molecule has 3 nitrogen and oxygen atoms in total. The van der Waals surface area contributed by atoms with Crippen LogP contribution in [0.2, 0.25) is 0 Å². The molecule has 0 aromatic heterocycles. The van der Waals surface area contributed by atoms with Gasteiger partial charge in [0, 0.05) is 6.92 Å². The van der Waals surface area contributed by atoms with Gasteiger partial charge in [0.2, 0.25) is 0 Å². The Morgan fingerprint density at radius 2 is 1.40 bits per heavy atom. The van der Waals surface area contributed by atoms with Crippen LogP contribution in [0.1, 0.15) is 18.1 Å². The van der Waals surface area contributed by atoms with Crippen molar-refractivity contribution in [1.29, 1.82) is 0 Å². The van der Waals surface area contributed by atoms with Crippen LogP contribution in [0.25, 0.3) is 0 Å².